The van der Waals surface area contributed by atoms with Gasteiger partial charge in [0, 0.05) is 12.5 Å². The van der Waals surface area contributed by atoms with E-state index in [9.17, 15) is 19.2 Å². The summed E-state index contributed by atoms with van der Waals surface area (Å²) in [4.78, 5) is 42.9. The van der Waals surface area contributed by atoms with Crippen LogP contribution >= 0.6 is 0 Å². The van der Waals surface area contributed by atoms with E-state index in [4.69, 9.17) is 25.5 Å². The standard InChI is InChI=1S/C10H14O9/c11-3-6(4(9(16)17)1-7(12)13)5(10(18)19)2-8(14)15/h4-6,11H,1-3H2,(H,12,13)(H,14,15)(H,16,17)(H,18,19). The first kappa shape index (κ1) is 16.8. The fourth-order valence-corrected chi connectivity index (χ4v) is 1.75. The fraction of sp³-hybridized carbons (Fsp3) is 0.600. The molecular weight excluding hydrogens is 264 g/mol. The molecule has 0 saturated carbocycles. The van der Waals surface area contributed by atoms with E-state index in [1.165, 1.54) is 0 Å². The number of carbonyl (C=O) groups is 4. The monoisotopic (exact) mass is 278 g/mol. The van der Waals surface area contributed by atoms with Gasteiger partial charge in [-0.15, -0.1) is 0 Å². The van der Waals surface area contributed by atoms with Gasteiger partial charge >= 0.3 is 23.9 Å². The molecule has 9 heteroatoms. The van der Waals surface area contributed by atoms with E-state index in [0.29, 0.717) is 0 Å². The van der Waals surface area contributed by atoms with Gasteiger partial charge in [0.2, 0.25) is 0 Å². The fourth-order valence-electron chi connectivity index (χ4n) is 1.75. The zero-order valence-electron chi connectivity index (χ0n) is 9.72. The topological polar surface area (TPSA) is 169 Å². The Morgan fingerprint density at radius 2 is 1.05 bits per heavy atom. The zero-order chi connectivity index (χ0) is 15.2. The van der Waals surface area contributed by atoms with Crippen LogP contribution in [0.25, 0.3) is 0 Å². The van der Waals surface area contributed by atoms with Crippen molar-refractivity contribution in [2.75, 3.05) is 6.61 Å². The van der Waals surface area contributed by atoms with Crippen LogP contribution in [-0.2, 0) is 19.2 Å². The quantitative estimate of drug-likeness (QED) is 0.353. The highest BCUT2D eigenvalue weighted by atomic mass is 16.4. The van der Waals surface area contributed by atoms with Crippen molar-refractivity contribution >= 4 is 23.9 Å². The lowest BCUT2D eigenvalue weighted by molar-refractivity contribution is -0.158. The summed E-state index contributed by atoms with van der Waals surface area (Å²) in [6.07, 6.45) is -1.80. The Balaban J connectivity index is 5.28. The molecule has 2 unspecified atom stereocenters. The van der Waals surface area contributed by atoms with Crippen molar-refractivity contribution in [2.45, 2.75) is 12.8 Å². The van der Waals surface area contributed by atoms with Gasteiger partial charge < -0.3 is 25.5 Å². The zero-order valence-corrected chi connectivity index (χ0v) is 9.72. The van der Waals surface area contributed by atoms with Crippen molar-refractivity contribution in [3.8, 4) is 0 Å². The number of carboxylic acids is 4. The Morgan fingerprint density at radius 3 is 1.21 bits per heavy atom. The van der Waals surface area contributed by atoms with Gasteiger partial charge in [-0.1, -0.05) is 0 Å². The summed E-state index contributed by atoms with van der Waals surface area (Å²) in [6.45, 7) is -0.936. The third-order valence-electron chi connectivity index (χ3n) is 2.67. The van der Waals surface area contributed by atoms with Crippen LogP contribution in [0.5, 0.6) is 0 Å². The van der Waals surface area contributed by atoms with E-state index in [2.05, 4.69) is 0 Å². The Bertz CT molecular complexity index is 341. The molecule has 0 aliphatic carbocycles. The van der Waals surface area contributed by atoms with Gasteiger partial charge in [-0.25, -0.2) is 0 Å². The van der Waals surface area contributed by atoms with Crippen LogP contribution in [0.2, 0.25) is 0 Å². The van der Waals surface area contributed by atoms with Gasteiger partial charge in [-0.3, -0.25) is 19.2 Å². The average molecular weight is 278 g/mol. The minimum atomic E-state index is -1.68. The van der Waals surface area contributed by atoms with Gasteiger partial charge in [-0.05, 0) is 0 Å². The molecule has 0 aromatic heterocycles. The second-order valence-electron chi connectivity index (χ2n) is 3.93. The van der Waals surface area contributed by atoms with Crippen LogP contribution in [0.3, 0.4) is 0 Å². The van der Waals surface area contributed by atoms with Gasteiger partial charge in [0.15, 0.2) is 0 Å². The van der Waals surface area contributed by atoms with Crippen molar-refractivity contribution in [1.29, 1.82) is 0 Å². The minimum absolute atomic E-state index is 0.899. The Morgan fingerprint density at radius 1 is 0.737 bits per heavy atom. The van der Waals surface area contributed by atoms with Gasteiger partial charge in [0.05, 0.1) is 24.7 Å². The molecule has 0 aromatic rings. The van der Waals surface area contributed by atoms with Crippen LogP contribution < -0.4 is 0 Å². The highest BCUT2D eigenvalue weighted by Gasteiger charge is 2.40. The van der Waals surface area contributed by atoms with E-state index < -0.39 is 61.1 Å². The minimum Gasteiger partial charge on any atom is -0.481 e. The first-order valence-electron chi connectivity index (χ1n) is 5.20. The predicted molar refractivity (Wildman–Crippen MR) is 57.3 cm³/mol. The van der Waals surface area contributed by atoms with Crippen molar-refractivity contribution in [2.24, 2.45) is 17.8 Å². The molecule has 0 aliphatic heterocycles. The average Bonchev–Trinajstić information content (AvgIpc) is 2.25. The van der Waals surface area contributed by atoms with Crippen LogP contribution in [-0.4, -0.2) is 56.0 Å². The molecule has 0 radical (unpaired) electrons. The Kier molecular flexibility index (Phi) is 6.48. The molecule has 19 heavy (non-hydrogen) atoms. The maximum Gasteiger partial charge on any atom is 0.307 e. The van der Waals surface area contributed by atoms with E-state index in [1.807, 2.05) is 0 Å². The molecule has 0 heterocycles. The Hall–Kier alpha value is -2.16. The van der Waals surface area contributed by atoms with E-state index >= 15 is 0 Å². The molecular formula is C10H14O9. The lowest BCUT2D eigenvalue weighted by Gasteiger charge is -2.25. The lowest BCUT2D eigenvalue weighted by atomic mass is 9.78. The number of aliphatic hydroxyl groups is 1. The molecule has 0 amide bonds. The molecule has 5 N–H and O–H groups in total. The van der Waals surface area contributed by atoms with Crippen LogP contribution in [0.4, 0.5) is 0 Å². The van der Waals surface area contributed by atoms with E-state index in [0.717, 1.165) is 0 Å². The van der Waals surface area contributed by atoms with Gasteiger partial charge in [0.1, 0.15) is 0 Å². The van der Waals surface area contributed by atoms with Gasteiger partial charge in [0.25, 0.3) is 0 Å². The highest BCUT2D eigenvalue weighted by Crippen LogP contribution is 2.27. The second kappa shape index (κ2) is 7.31. The molecule has 9 nitrogen and oxygen atoms in total. The normalized spacial score (nSPS) is 15.2. The number of hydrogen-bond donors (Lipinski definition) is 5. The molecule has 0 fully saturated rings. The van der Waals surface area contributed by atoms with Crippen LogP contribution in [0.15, 0.2) is 0 Å². The van der Waals surface area contributed by atoms with Gasteiger partial charge in [-0.2, -0.15) is 0 Å². The van der Waals surface area contributed by atoms with Crippen molar-refractivity contribution in [3.63, 3.8) is 0 Å². The first-order chi connectivity index (χ1) is 8.70. The highest BCUT2D eigenvalue weighted by molar-refractivity contribution is 5.81. The predicted octanol–water partition coefficient (Wildman–Crippen LogP) is -1.05. The summed E-state index contributed by atoms with van der Waals surface area (Å²) in [7, 11) is 0. The third-order valence-corrected chi connectivity index (χ3v) is 2.67. The molecule has 0 bridgehead atoms. The smallest absolute Gasteiger partial charge is 0.307 e. The molecule has 0 saturated heterocycles. The Labute approximate surface area is 107 Å². The van der Waals surface area contributed by atoms with Crippen molar-refractivity contribution in [3.05, 3.63) is 0 Å². The van der Waals surface area contributed by atoms with E-state index in [1.54, 1.807) is 0 Å². The summed E-state index contributed by atoms with van der Waals surface area (Å²) in [5, 5.41) is 44.0. The molecule has 108 valence electrons. The first-order valence-corrected chi connectivity index (χ1v) is 5.20. The second-order valence-corrected chi connectivity index (χ2v) is 3.93. The van der Waals surface area contributed by atoms with Crippen LogP contribution in [0, 0.1) is 17.8 Å². The maximum absolute atomic E-state index is 10.9. The van der Waals surface area contributed by atoms with Crippen LogP contribution in [0.1, 0.15) is 12.8 Å². The molecule has 2 atom stereocenters. The summed E-state index contributed by atoms with van der Waals surface area (Å²) in [5.41, 5.74) is 0. The SMILES string of the molecule is O=C(O)CC(C(=O)O)C(CO)C(CC(=O)O)C(=O)O. The number of aliphatic carboxylic acids is 4. The third kappa shape index (κ3) is 5.34. The summed E-state index contributed by atoms with van der Waals surface area (Å²) >= 11 is 0. The lowest BCUT2D eigenvalue weighted by Crippen LogP contribution is -2.38. The molecule has 0 rings (SSSR count). The summed E-state index contributed by atoms with van der Waals surface area (Å²) < 4.78 is 0. The largest absolute Gasteiger partial charge is 0.481 e. The molecule has 0 spiro atoms. The number of carboxylic acid groups (broad SMARTS) is 4. The molecule has 0 aromatic carbocycles. The van der Waals surface area contributed by atoms with E-state index in [-0.39, 0.29) is 0 Å². The summed E-state index contributed by atoms with van der Waals surface area (Å²) in [6, 6.07) is 0. The maximum atomic E-state index is 10.9. The number of aliphatic hydroxyl groups excluding tert-OH is 1. The molecule has 0 aliphatic rings. The van der Waals surface area contributed by atoms with Crippen molar-refractivity contribution < 1.29 is 44.7 Å². The number of rotatable bonds is 9. The number of hydrogen-bond acceptors (Lipinski definition) is 5. The van der Waals surface area contributed by atoms with Crippen molar-refractivity contribution in [1.82, 2.24) is 0 Å². The summed E-state index contributed by atoms with van der Waals surface area (Å²) in [5.74, 6) is -11.0.